The predicted molar refractivity (Wildman–Crippen MR) is 118 cm³/mol. The average Bonchev–Trinajstić information content (AvgIpc) is 2.69. The lowest BCUT2D eigenvalue weighted by Crippen LogP contribution is -2.33. The van der Waals surface area contributed by atoms with Crippen molar-refractivity contribution in [2.75, 3.05) is 19.6 Å². The van der Waals surface area contributed by atoms with Crippen molar-refractivity contribution >= 4 is 11.6 Å². The number of aliphatic hydroxyl groups is 1. The summed E-state index contributed by atoms with van der Waals surface area (Å²) < 4.78 is 5.84. The Balaban J connectivity index is 1.94. The van der Waals surface area contributed by atoms with Crippen LogP contribution in [0.1, 0.15) is 58.4 Å². The zero-order chi connectivity index (χ0) is 20.4. The largest absolute Gasteiger partial charge is 0.457 e. The molecule has 0 heterocycles. The molecule has 154 valence electrons. The van der Waals surface area contributed by atoms with Crippen molar-refractivity contribution in [3.8, 4) is 11.5 Å². The van der Waals surface area contributed by atoms with Gasteiger partial charge in [-0.15, -0.1) is 0 Å². The standard InChI is InChI=1S/C24H34ClNO2/c1-4-6-17-26(18-7-5-2)19-16-24(3,27)20-8-12-22(13-9-20)28-23-14-10-21(25)11-15-23/h8-15,27H,4-7,16-19H2,1-3H3. The summed E-state index contributed by atoms with van der Waals surface area (Å²) in [5.74, 6) is 1.49. The lowest BCUT2D eigenvalue weighted by atomic mass is 9.92. The number of hydrogen-bond acceptors (Lipinski definition) is 3. The van der Waals surface area contributed by atoms with Crippen molar-refractivity contribution in [3.05, 3.63) is 59.1 Å². The summed E-state index contributed by atoms with van der Waals surface area (Å²) in [6, 6.07) is 15.0. The van der Waals surface area contributed by atoms with E-state index in [9.17, 15) is 5.11 Å². The highest BCUT2D eigenvalue weighted by Crippen LogP contribution is 2.29. The van der Waals surface area contributed by atoms with Crippen molar-refractivity contribution in [3.63, 3.8) is 0 Å². The van der Waals surface area contributed by atoms with Gasteiger partial charge >= 0.3 is 0 Å². The van der Waals surface area contributed by atoms with Crippen LogP contribution in [0.4, 0.5) is 0 Å². The van der Waals surface area contributed by atoms with Crippen molar-refractivity contribution in [1.82, 2.24) is 4.90 Å². The first-order chi connectivity index (χ1) is 13.4. The Hall–Kier alpha value is -1.55. The molecule has 0 saturated carbocycles. The second-order valence-electron chi connectivity index (χ2n) is 7.65. The van der Waals surface area contributed by atoms with Gasteiger partial charge in [-0.3, -0.25) is 0 Å². The van der Waals surface area contributed by atoms with Gasteiger partial charge in [0.25, 0.3) is 0 Å². The number of benzene rings is 2. The summed E-state index contributed by atoms with van der Waals surface area (Å²) >= 11 is 5.91. The molecular weight excluding hydrogens is 370 g/mol. The highest BCUT2D eigenvalue weighted by molar-refractivity contribution is 6.30. The fraction of sp³-hybridized carbons (Fsp3) is 0.500. The van der Waals surface area contributed by atoms with Crippen LogP contribution in [0.25, 0.3) is 0 Å². The number of hydrogen-bond donors (Lipinski definition) is 1. The number of halogens is 1. The summed E-state index contributed by atoms with van der Waals surface area (Å²) in [5.41, 5.74) is 0.0667. The minimum absolute atomic E-state index is 0.686. The van der Waals surface area contributed by atoms with Crippen LogP contribution in [0.3, 0.4) is 0 Å². The van der Waals surface area contributed by atoms with Gasteiger partial charge in [-0.05, 0) is 81.2 Å². The summed E-state index contributed by atoms with van der Waals surface area (Å²) in [6.45, 7) is 9.49. The third-order valence-electron chi connectivity index (χ3n) is 5.10. The van der Waals surface area contributed by atoms with E-state index in [1.165, 1.54) is 25.7 Å². The molecule has 1 N–H and O–H groups in total. The Bertz CT molecular complexity index is 675. The Morgan fingerprint density at radius 2 is 1.36 bits per heavy atom. The van der Waals surface area contributed by atoms with E-state index in [0.717, 1.165) is 43.1 Å². The lowest BCUT2D eigenvalue weighted by Gasteiger charge is -2.29. The maximum absolute atomic E-state index is 11.0. The molecule has 0 aliphatic heterocycles. The Kier molecular flexibility index (Phi) is 9.30. The minimum atomic E-state index is -0.852. The average molecular weight is 404 g/mol. The van der Waals surface area contributed by atoms with E-state index in [0.29, 0.717) is 5.02 Å². The molecule has 0 amide bonds. The Labute approximate surface area is 175 Å². The molecule has 0 aromatic heterocycles. The van der Waals surface area contributed by atoms with Crippen LogP contribution in [0.15, 0.2) is 48.5 Å². The van der Waals surface area contributed by atoms with E-state index in [2.05, 4.69) is 18.7 Å². The number of ether oxygens (including phenoxy) is 1. The summed E-state index contributed by atoms with van der Waals surface area (Å²) in [4.78, 5) is 2.49. The van der Waals surface area contributed by atoms with Crippen LogP contribution in [0.5, 0.6) is 11.5 Å². The maximum Gasteiger partial charge on any atom is 0.127 e. The van der Waals surface area contributed by atoms with E-state index in [4.69, 9.17) is 16.3 Å². The van der Waals surface area contributed by atoms with Gasteiger partial charge in [0.2, 0.25) is 0 Å². The molecular formula is C24H34ClNO2. The monoisotopic (exact) mass is 403 g/mol. The van der Waals surface area contributed by atoms with E-state index < -0.39 is 5.60 Å². The van der Waals surface area contributed by atoms with Crippen LogP contribution in [0, 0.1) is 0 Å². The van der Waals surface area contributed by atoms with Crippen LogP contribution < -0.4 is 4.74 Å². The van der Waals surface area contributed by atoms with Crippen molar-refractivity contribution in [2.45, 2.75) is 58.5 Å². The smallest absolute Gasteiger partial charge is 0.127 e. The van der Waals surface area contributed by atoms with Gasteiger partial charge in [-0.2, -0.15) is 0 Å². The molecule has 2 aromatic rings. The van der Waals surface area contributed by atoms with Crippen molar-refractivity contribution in [2.24, 2.45) is 0 Å². The molecule has 0 aliphatic rings. The summed E-state index contributed by atoms with van der Waals surface area (Å²) in [7, 11) is 0. The quantitative estimate of drug-likeness (QED) is 0.431. The molecule has 3 nitrogen and oxygen atoms in total. The Morgan fingerprint density at radius 3 is 1.86 bits per heavy atom. The van der Waals surface area contributed by atoms with E-state index in [-0.39, 0.29) is 0 Å². The van der Waals surface area contributed by atoms with Gasteiger partial charge in [0, 0.05) is 11.6 Å². The van der Waals surface area contributed by atoms with Gasteiger partial charge in [-0.1, -0.05) is 50.4 Å². The molecule has 0 bridgehead atoms. The molecule has 0 saturated heterocycles. The second kappa shape index (κ2) is 11.5. The minimum Gasteiger partial charge on any atom is -0.457 e. The van der Waals surface area contributed by atoms with E-state index in [1.807, 2.05) is 43.3 Å². The lowest BCUT2D eigenvalue weighted by molar-refractivity contribution is 0.0355. The molecule has 0 fully saturated rings. The molecule has 4 heteroatoms. The second-order valence-corrected chi connectivity index (χ2v) is 8.09. The third kappa shape index (κ3) is 7.46. The zero-order valence-electron chi connectivity index (χ0n) is 17.5. The summed E-state index contributed by atoms with van der Waals surface area (Å²) in [6.07, 6.45) is 5.55. The zero-order valence-corrected chi connectivity index (χ0v) is 18.2. The fourth-order valence-electron chi connectivity index (χ4n) is 3.14. The fourth-order valence-corrected chi connectivity index (χ4v) is 3.27. The molecule has 0 aliphatic carbocycles. The molecule has 2 rings (SSSR count). The van der Waals surface area contributed by atoms with Crippen LogP contribution in [-0.4, -0.2) is 29.6 Å². The molecule has 1 atom stereocenters. The van der Waals surface area contributed by atoms with Crippen molar-refractivity contribution < 1.29 is 9.84 Å². The van der Waals surface area contributed by atoms with Gasteiger partial charge in [0.15, 0.2) is 0 Å². The summed E-state index contributed by atoms with van der Waals surface area (Å²) in [5, 5.41) is 11.7. The van der Waals surface area contributed by atoms with E-state index >= 15 is 0 Å². The predicted octanol–water partition coefficient (Wildman–Crippen LogP) is 6.63. The van der Waals surface area contributed by atoms with Crippen LogP contribution in [-0.2, 0) is 5.60 Å². The SMILES string of the molecule is CCCCN(CCCC)CCC(C)(O)c1ccc(Oc2ccc(Cl)cc2)cc1. The first-order valence-electron chi connectivity index (χ1n) is 10.4. The normalized spacial score (nSPS) is 13.5. The number of nitrogens with zero attached hydrogens (tertiary/aromatic N) is 1. The maximum atomic E-state index is 11.0. The van der Waals surface area contributed by atoms with E-state index in [1.54, 1.807) is 12.1 Å². The Morgan fingerprint density at radius 1 is 0.857 bits per heavy atom. The van der Waals surface area contributed by atoms with Gasteiger partial charge < -0.3 is 14.7 Å². The highest BCUT2D eigenvalue weighted by Gasteiger charge is 2.24. The number of unbranched alkanes of at least 4 members (excludes halogenated alkanes) is 2. The molecule has 28 heavy (non-hydrogen) atoms. The highest BCUT2D eigenvalue weighted by atomic mass is 35.5. The number of rotatable bonds is 12. The molecule has 0 radical (unpaired) electrons. The van der Waals surface area contributed by atoms with Crippen molar-refractivity contribution in [1.29, 1.82) is 0 Å². The molecule has 1 unspecified atom stereocenters. The first-order valence-corrected chi connectivity index (χ1v) is 10.8. The first kappa shape index (κ1) is 22.7. The third-order valence-corrected chi connectivity index (χ3v) is 5.35. The van der Waals surface area contributed by atoms with Gasteiger partial charge in [0.05, 0.1) is 5.60 Å². The van der Waals surface area contributed by atoms with Crippen LogP contribution in [0.2, 0.25) is 5.02 Å². The van der Waals surface area contributed by atoms with Gasteiger partial charge in [-0.25, -0.2) is 0 Å². The molecule has 2 aromatic carbocycles. The van der Waals surface area contributed by atoms with Gasteiger partial charge in [0.1, 0.15) is 11.5 Å². The van der Waals surface area contributed by atoms with Crippen LogP contribution >= 0.6 is 11.6 Å². The topological polar surface area (TPSA) is 32.7 Å². The molecule has 0 spiro atoms.